The number of hydrogen-bond acceptors (Lipinski definition) is 15. The third-order valence-electron chi connectivity index (χ3n) is 21.1. The number of rotatable bonds is 25. The zero-order valence-electron chi connectivity index (χ0n) is 61.7. The molecular formula is C84H92F2N14O8. The first-order valence-electron chi connectivity index (χ1n) is 37.5. The first-order valence-corrected chi connectivity index (χ1v) is 37.5. The van der Waals surface area contributed by atoms with E-state index in [0.717, 1.165) is 137 Å². The van der Waals surface area contributed by atoms with Crippen molar-refractivity contribution in [1.82, 2.24) is 54.9 Å². The van der Waals surface area contributed by atoms with E-state index in [1.54, 1.807) is 103 Å². The lowest BCUT2D eigenvalue weighted by molar-refractivity contribution is -0.139. The van der Waals surface area contributed by atoms with Gasteiger partial charge in [0.05, 0.1) is 41.1 Å². The summed E-state index contributed by atoms with van der Waals surface area (Å²) in [6, 6.07) is 38.3. The summed E-state index contributed by atoms with van der Waals surface area (Å²) in [5, 5.41) is 24.5. The highest BCUT2D eigenvalue weighted by molar-refractivity contribution is 6.01. The van der Waals surface area contributed by atoms with E-state index in [4.69, 9.17) is 25.2 Å². The molecule has 2 atom stereocenters. The van der Waals surface area contributed by atoms with Crippen LogP contribution >= 0.6 is 0 Å². The Hall–Kier alpha value is -11.1. The van der Waals surface area contributed by atoms with Crippen LogP contribution in [-0.2, 0) is 72.9 Å². The second-order valence-corrected chi connectivity index (χ2v) is 28.1. The number of primary amides is 1. The molecule has 0 unspecified atom stereocenters. The van der Waals surface area contributed by atoms with Gasteiger partial charge in [0.1, 0.15) is 17.9 Å². The average Bonchev–Trinajstić information content (AvgIpc) is 1.65. The van der Waals surface area contributed by atoms with Gasteiger partial charge in [0.15, 0.2) is 11.3 Å². The molecule has 6 N–H and O–H groups in total. The van der Waals surface area contributed by atoms with Gasteiger partial charge in [0.25, 0.3) is 17.7 Å². The summed E-state index contributed by atoms with van der Waals surface area (Å²) in [4.78, 5) is 93.3. The topological polar surface area (TPSA) is 266 Å². The maximum Gasteiger partial charge on any atom is 0.254 e. The van der Waals surface area contributed by atoms with Crippen LogP contribution in [0.3, 0.4) is 0 Å². The molecule has 5 aliphatic rings. The maximum atomic E-state index is 15.3. The minimum Gasteiger partial charge on any atom is -0.381 e. The summed E-state index contributed by atoms with van der Waals surface area (Å²) in [7, 11) is 0. The fourth-order valence-corrected chi connectivity index (χ4v) is 15.3. The van der Waals surface area contributed by atoms with E-state index < -0.39 is 11.7 Å². The second kappa shape index (κ2) is 34.2. The molecule has 15 rings (SSSR count). The van der Waals surface area contributed by atoms with Crippen molar-refractivity contribution in [2.75, 3.05) is 50.2 Å². The number of carbonyl (C=O) groups is 6. The predicted octanol–water partition coefficient (Wildman–Crippen LogP) is 12.6. The lowest BCUT2D eigenvalue weighted by Gasteiger charge is -2.51. The normalized spacial score (nSPS) is 16.0. The van der Waals surface area contributed by atoms with Crippen molar-refractivity contribution in [3.63, 3.8) is 0 Å². The molecule has 560 valence electrons. The molecule has 108 heavy (non-hydrogen) atoms. The van der Waals surface area contributed by atoms with Crippen LogP contribution in [0.4, 0.5) is 20.2 Å². The molecule has 4 aromatic heterocycles. The summed E-state index contributed by atoms with van der Waals surface area (Å²) in [6.07, 6.45) is 11.2. The van der Waals surface area contributed by atoms with E-state index in [1.807, 2.05) is 65.6 Å². The number of piperidine rings is 2. The standard InChI is InChI=1S/C46H53FN8O4.C38H39FN6O4/c1-4-42-39(43(51-35-16-18-59-19-17-35)40-25-50-55(5-2)44(40)52-42)24-49-46(58)34-11-7-10-33(22-34)45(57)48-23-30-12-15-41(47)38(21-30)32-9-6-8-31(20-32)26-53-27-37-14-13-36(53)28-54(37)29(3)56;1-3-34-32(35(42-29-13-15-49-16-14-29)31-20-41-45(4-2)37(31)43-34)22-44(38(48)28-10-6-9-27(19-28)36(40)47)21-24-11-12-33(39)30(18-24)26-8-5-7-25(17-26)23-46/h6-12,15,20-22,25,35-37H,4-5,13-14,16-19,23-24,26-28H2,1-3H3,(H,48,57)(H,49,58)(H,51,52);5-12,17-20,23,29H,3-4,13-16,21-22H2,1-2H3,(H2,40,47)(H,42,43)/t36-,37-;/m0./s1. The molecule has 9 heterocycles. The second-order valence-electron chi connectivity index (χ2n) is 28.1. The number of piperazine rings is 1. The van der Waals surface area contributed by atoms with Crippen LogP contribution in [0, 0.1) is 11.6 Å². The fourth-order valence-electron chi connectivity index (χ4n) is 15.3. The highest BCUT2D eigenvalue weighted by Crippen LogP contribution is 2.37. The van der Waals surface area contributed by atoms with Gasteiger partial charge in [0, 0.05) is 171 Å². The quantitative estimate of drug-likeness (QED) is 0.0333. The molecule has 0 spiro atoms. The monoisotopic (exact) mass is 1460 g/mol. The van der Waals surface area contributed by atoms with E-state index in [0.29, 0.717) is 103 Å². The van der Waals surface area contributed by atoms with Gasteiger partial charge in [0.2, 0.25) is 11.8 Å². The molecule has 2 bridgehead atoms. The smallest absolute Gasteiger partial charge is 0.254 e. The van der Waals surface area contributed by atoms with Crippen molar-refractivity contribution in [1.29, 1.82) is 0 Å². The summed E-state index contributed by atoms with van der Waals surface area (Å²) in [5.74, 6) is -2.26. The van der Waals surface area contributed by atoms with Crippen molar-refractivity contribution in [3.05, 3.63) is 225 Å². The Bertz CT molecular complexity index is 4990. The van der Waals surface area contributed by atoms with E-state index in [-0.39, 0.29) is 79.3 Å². The number of carbonyl (C=O) groups excluding carboxylic acids is 6. The summed E-state index contributed by atoms with van der Waals surface area (Å²) in [5.41, 5.74) is 18.7. The van der Waals surface area contributed by atoms with E-state index >= 15 is 8.78 Å². The Kier molecular flexibility index (Phi) is 23.8. The van der Waals surface area contributed by atoms with E-state index in [2.05, 4.69) is 49.4 Å². The van der Waals surface area contributed by atoms with Crippen LogP contribution in [0.25, 0.3) is 44.3 Å². The number of hydrogen-bond donors (Lipinski definition) is 5. The predicted molar refractivity (Wildman–Crippen MR) is 411 cm³/mol. The minimum atomic E-state index is -0.638. The number of amides is 5. The maximum absolute atomic E-state index is 15.3. The molecular weight excluding hydrogens is 1370 g/mol. The summed E-state index contributed by atoms with van der Waals surface area (Å²) >= 11 is 0. The molecule has 0 saturated carbocycles. The molecule has 10 aromatic rings. The van der Waals surface area contributed by atoms with Crippen LogP contribution in [0.1, 0.15) is 164 Å². The Morgan fingerprint density at radius 3 is 1.67 bits per heavy atom. The summed E-state index contributed by atoms with van der Waals surface area (Å²) < 4.78 is 45.5. The number of ether oxygens (including phenoxy) is 2. The van der Waals surface area contributed by atoms with Crippen LogP contribution in [0.15, 0.2) is 146 Å². The van der Waals surface area contributed by atoms with E-state index in [1.165, 1.54) is 18.2 Å². The first-order chi connectivity index (χ1) is 52.5. The molecule has 0 radical (unpaired) electrons. The van der Waals surface area contributed by atoms with Crippen molar-refractivity contribution in [2.45, 2.75) is 156 Å². The van der Waals surface area contributed by atoms with Gasteiger partial charge >= 0.3 is 0 Å². The number of nitrogens with two attached hydrogens (primary N) is 1. The molecule has 22 nitrogen and oxygen atoms in total. The third kappa shape index (κ3) is 17.0. The van der Waals surface area contributed by atoms with Crippen LogP contribution in [0.2, 0.25) is 0 Å². The Balaban J connectivity index is 0.000000194. The number of aldehydes is 1. The highest BCUT2D eigenvalue weighted by Gasteiger charge is 2.40. The Morgan fingerprint density at radius 1 is 0.565 bits per heavy atom. The molecule has 24 heteroatoms. The van der Waals surface area contributed by atoms with Gasteiger partial charge in [-0.2, -0.15) is 10.2 Å². The molecule has 5 saturated heterocycles. The molecule has 5 amide bonds. The summed E-state index contributed by atoms with van der Waals surface area (Å²) in [6.45, 7) is 16.9. The van der Waals surface area contributed by atoms with Gasteiger partial charge in [-0.15, -0.1) is 0 Å². The van der Waals surface area contributed by atoms with Gasteiger partial charge in [-0.25, -0.2) is 28.1 Å². The number of nitrogens with one attached hydrogen (secondary N) is 4. The number of nitrogens with zero attached hydrogens (tertiary/aromatic N) is 9. The van der Waals surface area contributed by atoms with E-state index in [9.17, 15) is 28.8 Å². The number of aromatic nitrogens is 6. The Morgan fingerprint density at radius 2 is 1.09 bits per heavy atom. The van der Waals surface area contributed by atoms with Crippen molar-refractivity contribution in [3.8, 4) is 22.3 Å². The molecule has 5 aliphatic heterocycles. The van der Waals surface area contributed by atoms with Crippen LogP contribution in [-0.4, -0.2) is 144 Å². The van der Waals surface area contributed by atoms with Crippen molar-refractivity contribution >= 4 is 69.3 Å². The number of fused-ring (bicyclic) bond motifs is 5. The highest BCUT2D eigenvalue weighted by atomic mass is 19.1. The molecule has 5 fully saturated rings. The van der Waals surface area contributed by atoms with Crippen LogP contribution in [0.5, 0.6) is 0 Å². The number of benzene rings is 6. The van der Waals surface area contributed by atoms with Crippen molar-refractivity contribution < 1.29 is 47.0 Å². The number of aryl methyl sites for hydroxylation is 4. The minimum absolute atomic E-state index is 0.117. The first kappa shape index (κ1) is 75.2. The average molecular weight is 1460 g/mol. The van der Waals surface area contributed by atoms with Crippen molar-refractivity contribution in [2.24, 2.45) is 5.73 Å². The van der Waals surface area contributed by atoms with Gasteiger partial charge in [-0.1, -0.05) is 74.5 Å². The number of anilines is 2. The zero-order chi connectivity index (χ0) is 75.5. The fraction of sp³-hybridized carbons (Fsp3) is 0.357. The van der Waals surface area contributed by atoms with Gasteiger partial charge in [-0.3, -0.25) is 33.7 Å². The molecule has 0 aliphatic carbocycles. The molecule has 6 aromatic carbocycles. The number of halogens is 2. The SMILES string of the molecule is CCc1nc2c(cnn2CC)c(NC2CCOCC2)c1CN(Cc1ccc(F)c(-c2cccc(C=O)c2)c1)C(=O)c1cccc(C(N)=O)c1.CCc1nc2c(cnn2CC)c(NC2CCOCC2)c1CNC(=O)c1cccc(C(=O)NCc2ccc(F)c(-c3cccc(CN4C[C@@H]5CC[C@H]4CN5C(C)=O)c3)c2)c1. The zero-order valence-corrected chi connectivity index (χ0v) is 61.7. The Labute approximate surface area is 626 Å². The lowest BCUT2D eigenvalue weighted by atomic mass is 9.90. The van der Waals surface area contributed by atoms with Crippen LogP contribution < -0.4 is 27.0 Å². The van der Waals surface area contributed by atoms with Gasteiger partial charge < -0.3 is 46.3 Å². The largest absolute Gasteiger partial charge is 0.381 e. The third-order valence-corrected chi connectivity index (χ3v) is 21.1. The number of pyridine rings is 2. The lowest BCUT2D eigenvalue weighted by Crippen LogP contribution is -2.63. The van der Waals surface area contributed by atoms with Gasteiger partial charge in [-0.05, 0) is 166 Å².